The molecule has 3 heterocycles. The Morgan fingerprint density at radius 2 is 1.96 bits per heavy atom. The Kier molecular flexibility index (Phi) is 3.68. The van der Waals surface area contributed by atoms with Crippen LogP contribution in [0.15, 0.2) is 59.8 Å². The van der Waals surface area contributed by atoms with Gasteiger partial charge >= 0.3 is 0 Å². The molecule has 1 aliphatic rings. The van der Waals surface area contributed by atoms with Crippen LogP contribution >= 0.6 is 0 Å². The molecule has 130 valence electrons. The Labute approximate surface area is 146 Å². The van der Waals surface area contributed by atoms with Crippen molar-refractivity contribution in [2.24, 2.45) is 0 Å². The second-order valence-corrected chi connectivity index (χ2v) is 8.24. The maximum atomic E-state index is 12.8. The summed E-state index contributed by atoms with van der Waals surface area (Å²) >= 11 is 0. The Morgan fingerprint density at radius 3 is 2.64 bits per heavy atom. The molecule has 7 heteroatoms. The fourth-order valence-electron chi connectivity index (χ4n) is 2.94. The van der Waals surface area contributed by atoms with E-state index >= 15 is 0 Å². The molecule has 1 saturated heterocycles. The number of pyridine rings is 1. The van der Waals surface area contributed by atoms with Gasteiger partial charge in [0, 0.05) is 23.3 Å². The lowest BCUT2D eigenvalue weighted by Crippen LogP contribution is -2.19. The molecule has 2 aromatic heterocycles. The first-order chi connectivity index (χ1) is 11.9. The summed E-state index contributed by atoms with van der Waals surface area (Å²) in [6.45, 7) is 4.17. The van der Waals surface area contributed by atoms with Crippen LogP contribution in [0.3, 0.4) is 0 Å². The third-order valence-electron chi connectivity index (χ3n) is 4.19. The van der Waals surface area contributed by atoms with Gasteiger partial charge in [-0.1, -0.05) is 18.2 Å². The highest BCUT2D eigenvalue weighted by atomic mass is 32.2. The molecule has 1 aromatic carbocycles. The molecule has 0 radical (unpaired) electrons. The molecular weight excluding hydrogens is 340 g/mol. The van der Waals surface area contributed by atoms with Crippen molar-refractivity contribution in [2.75, 3.05) is 6.61 Å². The number of hydrogen-bond acceptors (Lipinski definition) is 5. The highest BCUT2D eigenvalue weighted by Crippen LogP contribution is 2.33. The minimum Gasteiger partial charge on any atom is -0.347 e. The van der Waals surface area contributed by atoms with Gasteiger partial charge in [-0.25, -0.2) is 17.4 Å². The molecule has 25 heavy (non-hydrogen) atoms. The van der Waals surface area contributed by atoms with Crippen LogP contribution in [0, 0.1) is 0 Å². The van der Waals surface area contributed by atoms with Gasteiger partial charge in [0.25, 0.3) is 10.0 Å². The van der Waals surface area contributed by atoms with Gasteiger partial charge in [0.2, 0.25) is 0 Å². The number of rotatable bonds is 3. The molecular formula is C18H18N2O4S. The molecule has 0 amide bonds. The smallest absolute Gasteiger partial charge is 0.269 e. The molecule has 0 saturated carbocycles. The van der Waals surface area contributed by atoms with Crippen molar-refractivity contribution in [1.29, 1.82) is 0 Å². The summed E-state index contributed by atoms with van der Waals surface area (Å²) in [5.41, 5.74) is 1.26. The van der Waals surface area contributed by atoms with Crippen molar-refractivity contribution in [3.63, 3.8) is 0 Å². The molecule has 4 rings (SSSR count). The number of nitrogens with zero attached hydrogens (tertiary/aromatic N) is 2. The lowest BCUT2D eigenvalue weighted by atomic mass is 10.1. The summed E-state index contributed by atoms with van der Waals surface area (Å²) in [7, 11) is -3.67. The summed E-state index contributed by atoms with van der Waals surface area (Å²) < 4.78 is 38.3. The fraction of sp³-hybridized carbons (Fsp3) is 0.278. The minimum absolute atomic E-state index is 0.207. The highest BCUT2D eigenvalue weighted by molar-refractivity contribution is 7.90. The van der Waals surface area contributed by atoms with E-state index in [1.165, 1.54) is 10.2 Å². The topological polar surface area (TPSA) is 70.4 Å². The van der Waals surface area contributed by atoms with Crippen molar-refractivity contribution in [3.8, 4) is 0 Å². The van der Waals surface area contributed by atoms with Crippen LogP contribution in [-0.4, -0.2) is 29.8 Å². The van der Waals surface area contributed by atoms with Crippen LogP contribution in [0.1, 0.15) is 25.5 Å². The van der Waals surface area contributed by atoms with E-state index in [1.54, 1.807) is 42.6 Å². The first kappa shape index (κ1) is 16.3. The van der Waals surface area contributed by atoms with Gasteiger partial charge in [-0.15, -0.1) is 0 Å². The van der Waals surface area contributed by atoms with Crippen LogP contribution in [-0.2, 0) is 19.5 Å². The number of ether oxygens (including phenoxy) is 2. The summed E-state index contributed by atoms with van der Waals surface area (Å²) in [6.07, 6.45) is 2.97. The van der Waals surface area contributed by atoms with Crippen molar-refractivity contribution in [2.45, 2.75) is 30.6 Å². The van der Waals surface area contributed by atoms with E-state index in [2.05, 4.69) is 4.98 Å². The van der Waals surface area contributed by atoms with Crippen LogP contribution in [0.5, 0.6) is 0 Å². The number of aromatic nitrogens is 2. The lowest BCUT2D eigenvalue weighted by Gasteiger charge is -2.17. The zero-order valence-corrected chi connectivity index (χ0v) is 14.7. The van der Waals surface area contributed by atoms with Crippen molar-refractivity contribution in [1.82, 2.24) is 8.96 Å². The normalized spacial score (nSPS) is 20.2. The maximum Gasteiger partial charge on any atom is 0.269 e. The summed E-state index contributed by atoms with van der Waals surface area (Å²) in [5, 5.41) is 0.741. The van der Waals surface area contributed by atoms with Crippen LogP contribution < -0.4 is 0 Å². The molecule has 1 atom stereocenters. The van der Waals surface area contributed by atoms with Gasteiger partial charge < -0.3 is 9.47 Å². The largest absolute Gasteiger partial charge is 0.347 e. The molecule has 0 bridgehead atoms. The van der Waals surface area contributed by atoms with E-state index in [0.29, 0.717) is 12.3 Å². The van der Waals surface area contributed by atoms with Gasteiger partial charge in [0.1, 0.15) is 6.10 Å². The number of benzene rings is 1. The molecule has 0 spiro atoms. The van der Waals surface area contributed by atoms with E-state index in [9.17, 15) is 8.42 Å². The Morgan fingerprint density at radius 1 is 1.20 bits per heavy atom. The molecule has 0 N–H and O–H groups in total. The molecule has 0 aliphatic carbocycles. The van der Waals surface area contributed by atoms with Crippen LogP contribution in [0.4, 0.5) is 0 Å². The van der Waals surface area contributed by atoms with Crippen molar-refractivity contribution < 1.29 is 17.9 Å². The zero-order valence-electron chi connectivity index (χ0n) is 13.9. The Balaban J connectivity index is 1.74. The van der Waals surface area contributed by atoms with Gasteiger partial charge in [-0.05, 0) is 38.1 Å². The second kappa shape index (κ2) is 5.66. The van der Waals surface area contributed by atoms with Gasteiger partial charge in [0.05, 0.1) is 11.5 Å². The van der Waals surface area contributed by atoms with E-state index in [0.717, 1.165) is 10.9 Å². The Hall–Kier alpha value is -2.22. The van der Waals surface area contributed by atoms with E-state index in [1.807, 2.05) is 19.9 Å². The third kappa shape index (κ3) is 2.84. The second-order valence-electron chi connectivity index (χ2n) is 6.43. The first-order valence-electron chi connectivity index (χ1n) is 7.96. The molecule has 1 unspecified atom stereocenters. The molecule has 1 fully saturated rings. The van der Waals surface area contributed by atoms with Gasteiger partial charge in [-0.3, -0.25) is 0 Å². The monoisotopic (exact) mass is 358 g/mol. The summed E-state index contributed by atoms with van der Waals surface area (Å²) in [5.74, 6) is -0.623. The van der Waals surface area contributed by atoms with E-state index < -0.39 is 15.8 Å². The van der Waals surface area contributed by atoms with Crippen molar-refractivity contribution >= 4 is 21.1 Å². The lowest BCUT2D eigenvalue weighted by molar-refractivity contribution is -0.139. The third-order valence-corrected chi connectivity index (χ3v) is 5.88. The van der Waals surface area contributed by atoms with E-state index in [4.69, 9.17) is 9.47 Å². The highest BCUT2D eigenvalue weighted by Gasteiger charge is 2.34. The molecule has 1 aliphatic heterocycles. The van der Waals surface area contributed by atoms with Gasteiger partial charge in [-0.2, -0.15) is 0 Å². The number of fused-ring (bicyclic) bond motifs is 1. The predicted octanol–water partition coefficient (Wildman–Crippen LogP) is 3.10. The summed E-state index contributed by atoms with van der Waals surface area (Å²) in [6, 6.07) is 12.0. The van der Waals surface area contributed by atoms with Gasteiger partial charge in [0.15, 0.2) is 11.4 Å². The standard InChI is InChI=1S/C18H18N2O4S/c1-18(2)23-12-16(24-18)14-10-13-8-9-20(17(13)19-11-14)25(21,22)15-6-4-3-5-7-15/h3-11,16H,12H2,1-2H3. The summed E-state index contributed by atoms with van der Waals surface area (Å²) in [4.78, 5) is 4.60. The quantitative estimate of drug-likeness (QED) is 0.719. The molecule has 6 nitrogen and oxygen atoms in total. The van der Waals surface area contributed by atoms with Crippen molar-refractivity contribution in [3.05, 3.63) is 60.4 Å². The first-order valence-corrected chi connectivity index (χ1v) is 9.40. The predicted molar refractivity (Wildman–Crippen MR) is 92.6 cm³/mol. The average molecular weight is 358 g/mol. The Bertz CT molecular complexity index is 1030. The zero-order chi connectivity index (χ0) is 17.7. The van der Waals surface area contributed by atoms with Crippen LogP contribution in [0.2, 0.25) is 0 Å². The number of hydrogen-bond donors (Lipinski definition) is 0. The SMILES string of the molecule is CC1(C)OCC(c2cnc3c(ccn3S(=O)(=O)c3ccccc3)c2)O1. The minimum atomic E-state index is -3.67. The maximum absolute atomic E-state index is 12.8. The van der Waals surface area contributed by atoms with E-state index in [-0.39, 0.29) is 11.0 Å². The average Bonchev–Trinajstić information content (AvgIpc) is 3.18. The van der Waals surface area contributed by atoms with Crippen LogP contribution in [0.25, 0.3) is 11.0 Å². The fourth-order valence-corrected chi connectivity index (χ4v) is 4.27. The molecule has 3 aromatic rings.